The van der Waals surface area contributed by atoms with E-state index in [-0.39, 0.29) is 10.3 Å². The van der Waals surface area contributed by atoms with Crippen LogP contribution < -0.4 is 11.1 Å². The van der Waals surface area contributed by atoms with Gasteiger partial charge in [0.05, 0.1) is 5.69 Å². The fourth-order valence-corrected chi connectivity index (χ4v) is 2.51. The summed E-state index contributed by atoms with van der Waals surface area (Å²) in [6, 6.07) is 0. The maximum atomic E-state index is 6.04. The molecule has 0 saturated heterocycles. The van der Waals surface area contributed by atoms with Gasteiger partial charge in [0.2, 0.25) is 0 Å². The van der Waals surface area contributed by atoms with Gasteiger partial charge in [0.25, 0.3) is 0 Å². The van der Waals surface area contributed by atoms with Crippen molar-refractivity contribution < 1.29 is 0 Å². The number of halogens is 4. The van der Waals surface area contributed by atoms with Crippen molar-refractivity contribution in [3.63, 3.8) is 0 Å². The van der Waals surface area contributed by atoms with Gasteiger partial charge in [0, 0.05) is 6.54 Å². The zero-order chi connectivity index (χ0) is 14.3. The molecule has 3 nitrogen and oxygen atoms in total. The van der Waals surface area contributed by atoms with Crippen LogP contribution in [0.3, 0.4) is 0 Å². The third-order valence-electron chi connectivity index (χ3n) is 2.68. The van der Waals surface area contributed by atoms with Crippen molar-refractivity contribution in [1.82, 2.24) is 4.98 Å². The number of nitrogens with two attached hydrogens (primary N) is 1. The lowest BCUT2D eigenvalue weighted by atomic mass is 10.1. The topological polar surface area (TPSA) is 50.9 Å². The average molecular weight is 345 g/mol. The largest absolute Gasteiger partial charge is 0.382 e. The molecule has 1 aromatic rings. The van der Waals surface area contributed by atoms with Crippen molar-refractivity contribution in [3.05, 3.63) is 20.4 Å². The maximum absolute atomic E-state index is 6.04. The molecule has 0 saturated carbocycles. The van der Waals surface area contributed by atoms with Gasteiger partial charge in [0.1, 0.15) is 10.0 Å². The first-order valence-corrected chi connectivity index (χ1v) is 7.73. The number of nitrogens with one attached hydrogen (secondary N) is 1. The molecule has 19 heavy (non-hydrogen) atoms. The number of hydrogen-bond acceptors (Lipinski definition) is 3. The first kappa shape index (κ1) is 17.1. The second-order valence-electron chi connectivity index (χ2n) is 4.18. The Bertz CT molecular complexity index is 386. The van der Waals surface area contributed by atoms with Crippen LogP contribution in [0.1, 0.15) is 32.1 Å². The molecule has 3 N–H and O–H groups in total. The molecule has 0 fully saturated rings. The van der Waals surface area contributed by atoms with Crippen molar-refractivity contribution in [2.75, 3.05) is 18.4 Å². The van der Waals surface area contributed by atoms with E-state index >= 15 is 0 Å². The van der Waals surface area contributed by atoms with E-state index in [1.807, 2.05) is 0 Å². The van der Waals surface area contributed by atoms with Gasteiger partial charge in [0.15, 0.2) is 10.3 Å². The smallest absolute Gasteiger partial charge is 0.151 e. The molecule has 1 rings (SSSR count). The highest BCUT2D eigenvalue weighted by molar-refractivity contribution is 6.48. The Morgan fingerprint density at radius 3 is 1.95 bits per heavy atom. The summed E-state index contributed by atoms with van der Waals surface area (Å²) in [6.07, 6.45) is 5.59. The van der Waals surface area contributed by atoms with Crippen LogP contribution in [0.5, 0.6) is 0 Å². The summed E-state index contributed by atoms with van der Waals surface area (Å²) in [5.41, 5.74) is 5.99. The standard InChI is InChI=1S/C12H17Cl4N3/c13-8-10(9(14)12(16)19-11(8)15)18-7-5-3-1-2-4-6-17/h1-7,17H2,(H,18,19). The van der Waals surface area contributed by atoms with Crippen LogP contribution in [-0.4, -0.2) is 18.1 Å². The molecule has 7 heteroatoms. The molecule has 0 aromatic carbocycles. The van der Waals surface area contributed by atoms with Crippen molar-refractivity contribution in [3.8, 4) is 0 Å². The van der Waals surface area contributed by atoms with Gasteiger partial charge in [-0.3, -0.25) is 0 Å². The lowest BCUT2D eigenvalue weighted by Gasteiger charge is -2.12. The molecule has 0 bridgehead atoms. The highest BCUT2D eigenvalue weighted by atomic mass is 35.5. The Hall–Kier alpha value is 0.0700. The quantitative estimate of drug-likeness (QED) is 0.514. The van der Waals surface area contributed by atoms with Crippen molar-refractivity contribution in [2.24, 2.45) is 5.73 Å². The summed E-state index contributed by atoms with van der Waals surface area (Å²) in [5.74, 6) is 0. The Morgan fingerprint density at radius 2 is 1.37 bits per heavy atom. The Kier molecular flexibility index (Phi) is 8.19. The third kappa shape index (κ3) is 5.52. The summed E-state index contributed by atoms with van der Waals surface area (Å²) in [6.45, 7) is 1.52. The fourth-order valence-electron chi connectivity index (χ4n) is 1.66. The summed E-state index contributed by atoms with van der Waals surface area (Å²) in [5, 5.41) is 4.07. The summed E-state index contributed by atoms with van der Waals surface area (Å²) in [7, 11) is 0. The molecule has 108 valence electrons. The normalized spacial score (nSPS) is 10.8. The van der Waals surface area contributed by atoms with Crippen LogP contribution >= 0.6 is 46.4 Å². The Balaban J connectivity index is 2.41. The van der Waals surface area contributed by atoms with Crippen molar-refractivity contribution in [2.45, 2.75) is 32.1 Å². The van der Waals surface area contributed by atoms with Crippen LogP contribution in [-0.2, 0) is 0 Å². The maximum Gasteiger partial charge on any atom is 0.151 e. The number of nitrogens with zero attached hydrogens (tertiary/aromatic N) is 1. The van der Waals surface area contributed by atoms with E-state index in [0.717, 1.165) is 32.4 Å². The van der Waals surface area contributed by atoms with Gasteiger partial charge in [-0.05, 0) is 19.4 Å². The highest BCUT2D eigenvalue weighted by Gasteiger charge is 2.14. The molecule has 0 aliphatic rings. The molecule has 1 aromatic heterocycles. The minimum atomic E-state index is 0.154. The molecule has 0 amide bonds. The Morgan fingerprint density at radius 1 is 0.842 bits per heavy atom. The molecule has 1 heterocycles. The van der Waals surface area contributed by atoms with Gasteiger partial charge in [-0.2, -0.15) is 0 Å². The summed E-state index contributed by atoms with van der Waals surface area (Å²) < 4.78 is 0. The van der Waals surface area contributed by atoms with Gasteiger partial charge in [-0.25, -0.2) is 4.98 Å². The zero-order valence-corrected chi connectivity index (χ0v) is 13.5. The fraction of sp³-hybridized carbons (Fsp3) is 0.583. The predicted octanol–water partition coefficient (Wildman–Crippen LogP) is 5.02. The monoisotopic (exact) mass is 343 g/mol. The van der Waals surface area contributed by atoms with Gasteiger partial charge in [-0.15, -0.1) is 0 Å². The Labute approximate surface area is 133 Å². The number of anilines is 1. The van der Waals surface area contributed by atoms with E-state index in [1.54, 1.807) is 0 Å². The molecule has 0 unspecified atom stereocenters. The second kappa shape index (κ2) is 9.09. The highest BCUT2D eigenvalue weighted by Crippen LogP contribution is 2.38. The molecule has 0 aliphatic carbocycles. The lowest BCUT2D eigenvalue weighted by Crippen LogP contribution is -2.04. The number of rotatable bonds is 8. The van der Waals surface area contributed by atoms with Crippen LogP contribution in [0.25, 0.3) is 0 Å². The van der Waals surface area contributed by atoms with Crippen molar-refractivity contribution >= 4 is 52.1 Å². The van der Waals surface area contributed by atoms with E-state index in [1.165, 1.54) is 12.8 Å². The molecule has 0 radical (unpaired) electrons. The molecular weight excluding hydrogens is 328 g/mol. The molecular formula is C12H17Cl4N3. The van der Waals surface area contributed by atoms with E-state index in [4.69, 9.17) is 52.1 Å². The third-order valence-corrected chi connectivity index (χ3v) is 4.16. The predicted molar refractivity (Wildman–Crippen MR) is 84.9 cm³/mol. The summed E-state index contributed by atoms with van der Waals surface area (Å²) >= 11 is 23.8. The zero-order valence-electron chi connectivity index (χ0n) is 10.5. The summed E-state index contributed by atoms with van der Waals surface area (Å²) in [4.78, 5) is 3.83. The van der Waals surface area contributed by atoms with Gasteiger partial charge in [-0.1, -0.05) is 65.7 Å². The lowest BCUT2D eigenvalue weighted by molar-refractivity contribution is 0.629. The molecule has 0 spiro atoms. The van der Waals surface area contributed by atoms with Crippen molar-refractivity contribution in [1.29, 1.82) is 0 Å². The van der Waals surface area contributed by atoms with Crippen LogP contribution in [0.15, 0.2) is 0 Å². The average Bonchev–Trinajstić information content (AvgIpc) is 2.39. The van der Waals surface area contributed by atoms with E-state index in [2.05, 4.69) is 10.3 Å². The van der Waals surface area contributed by atoms with E-state index < -0.39 is 0 Å². The number of unbranched alkanes of at least 4 members (excludes halogenated alkanes) is 4. The van der Waals surface area contributed by atoms with Gasteiger partial charge < -0.3 is 11.1 Å². The van der Waals surface area contributed by atoms with Crippen LogP contribution in [0, 0.1) is 0 Å². The first-order chi connectivity index (χ1) is 9.07. The van der Waals surface area contributed by atoms with Crippen LogP contribution in [0.4, 0.5) is 5.69 Å². The van der Waals surface area contributed by atoms with Gasteiger partial charge >= 0.3 is 0 Å². The minimum Gasteiger partial charge on any atom is -0.382 e. The second-order valence-corrected chi connectivity index (χ2v) is 5.65. The number of pyridine rings is 1. The SMILES string of the molecule is NCCCCCCCNc1c(Cl)c(Cl)nc(Cl)c1Cl. The van der Waals surface area contributed by atoms with Crippen LogP contribution in [0.2, 0.25) is 20.4 Å². The van der Waals surface area contributed by atoms with E-state index in [0.29, 0.717) is 15.7 Å². The first-order valence-electron chi connectivity index (χ1n) is 6.21. The van der Waals surface area contributed by atoms with E-state index in [9.17, 15) is 0 Å². The minimum absolute atomic E-state index is 0.154. The number of hydrogen-bond donors (Lipinski definition) is 2. The molecule has 0 atom stereocenters. The molecule has 0 aliphatic heterocycles. The number of aromatic nitrogens is 1.